The fourth-order valence-corrected chi connectivity index (χ4v) is 2.39. The number of benzene rings is 1. The van der Waals surface area contributed by atoms with Crippen molar-refractivity contribution >= 4 is 17.6 Å². The molecule has 2 rings (SSSR count). The first-order valence-electron chi connectivity index (χ1n) is 7.22. The molecular formula is C16H22ClN3O. The summed E-state index contributed by atoms with van der Waals surface area (Å²) in [5.74, 6) is 0.829. The van der Waals surface area contributed by atoms with Crippen LogP contribution in [0.5, 0.6) is 0 Å². The van der Waals surface area contributed by atoms with Crippen molar-refractivity contribution in [2.75, 3.05) is 20.2 Å². The average molecular weight is 308 g/mol. The van der Waals surface area contributed by atoms with E-state index in [0.717, 1.165) is 35.9 Å². The van der Waals surface area contributed by atoms with Gasteiger partial charge < -0.3 is 15.4 Å². The van der Waals surface area contributed by atoms with E-state index in [1.165, 1.54) is 0 Å². The van der Waals surface area contributed by atoms with E-state index in [1.807, 2.05) is 24.3 Å². The predicted molar refractivity (Wildman–Crippen MR) is 87.8 cm³/mol. The maximum Gasteiger partial charge on any atom is 0.191 e. The van der Waals surface area contributed by atoms with Crippen LogP contribution in [-0.2, 0) is 11.3 Å². The molecule has 0 spiro atoms. The number of hydrogen-bond acceptors (Lipinski definition) is 2. The smallest absolute Gasteiger partial charge is 0.191 e. The van der Waals surface area contributed by atoms with Crippen molar-refractivity contribution in [3.63, 3.8) is 0 Å². The molecule has 5 heteroatoms. The van der Waals surface area contributed by atoms with Crippen molar-refractivity contribution in [3.05, 3.63) is 47.0 Å². The molecule has 0 bridgehead atoms. The molecule has 1 aliphatic rings. The summed E-state index contributed by atoms with van der Waals surface area (Å²) in [7, 11) is 1.78. The molecule has 0 saturated carbocycles. The standard InChI is InChI=1S/C16H22ClN3O/c1-18-16(20-15-7-2-3-8-15)19-9-10-21-12-13-5-4-6-14(17)11-13/h2-6,11,15H,7-10,12H2,1H3,(H2,18,19,20). The number of ether oxygens (including phenoxy) is 1. The molecule has 114 valence electrons. The van der Waals surface area contributed by atoms with Crippen LogP contribution in [0, 0.1) is 0 Å². The molecule has 0 amide bonds. The SMILES string of the molecule is CN=C(NCCOCc1cccc(Cl)c1)NC1CC=CC1. The molecule has 0 radical (unpaired) electrons. The summed E-state index contributed by atoms with van der Waals surface area (Å²) in [5, 5.41) is 7.38. The molecule has 0 heterocycles. The first kappa shape index (κ1) is 15.9. The van der Waals surface area contributed by atoms with Gasteiger partial charge in [-0.3, -0.25) is 4.99 Å². The Kier molecular flexibility index (Phi) is 6.57. The maximum atomic E-state index is 5.93. The number of hydrogen-bond donors (Lipinski definition) is 2. The van der Waals surface area contributed by atoms with Crippen LogP contribution in [0.1, 0.15) is 18.4 Å². The number of guanidine groups is 1. The topological polar surface area (TPSA) is 45.7 Å². The van der Waals surface area contributed by atoms with E-state index in [1.54, 1.807) is 7.05 Å². The molecule has 1 aromatic carbocycles. The van der Waals surface area contributed by atoms with Gasteiger partial charge in [-0.25, -0.2) is 0 Å². The first-order chi connectivity index (χ1) is 10.3. The van der Waals surface area contributed by atoms with Gasteiger partial charge in [0.25, 0.3) is 0 Å². The van der Waals surface area contributed by atoms with Crippen LogP contribution in [0.15, 0.2) is 41.4 Å². The second-order valence-corrected chi connectivity index (χ2v) is 5.40. The number of nitrogens with one attached hydrogen (secondary N) is 2. The van der Waals surface area contributed by atoms with E-state index in [4.69, 9.17) is 16.3 Å². The minimum Gasteiger partial charge on any atom is -0.375 e. The van der Waals surface area contributed by atoms with E-state index < -0.39 is 0 Å². The van der Waals surface area contributed by atoms with Gasteiger partial charge in [0.2, 0.25) is 0 Å². The average Bonchev–Trinajstić information content (AvgIpc) is 2.98. The van der Waals surface area contributed by atoms with Gasteiger partial charge in [-0.05, 0) is 30.5 Å². The molecule has 1 aliphatic carbocycles. The number of rotatable bonds is 6. The molecule has 4 nitrogen and oxygen atoms in total. The molecule has 0 aromatic heterocycles. The molecular weight excluding hydrogens is 286 g/mol. The predicted octanol–water partition coefficient (Wildman–Crippen LogP) is 2.74. The Hall–Kier alpha value is -1.52. The Bertz CT molecular complexity index is 494. The van der Waals surface area contributed by atoms with Crippen molar-refractivity contribution in [1.82, 2.24) is 10.6 Å². The zero-order valence-electron chi connectivity index (χ0n) is 12.3. The second-order valence-electron chi connectivity index (χ2n) is 4.97. The molecule has 0 aliphatic heterocycles. The van der Waals surface area contributed by atoms with Gasteiger partial charge in [-0.1, -0.05) is 35.9 Å². The van der Waals surface area contributed by atoms with E-state index in [9.17, 15) is 0 Å². The van der Waals surface area contributed by atoms with Crippen LogP contribution in [0.2, 0.25) is 5.02 Å². The summed E-state index contributed by atoms with van der Waals surface area (Å²) < 4.78 is 5.62. The van der Waals surface area contributed by atoms with Gasteiger partial charge in [-0.2, -0.15) is 0 Å². The summed E-state index contributed by atoms with van der Waals surface area (Å²) in [5.41, 5.74) is 1.09. The number of halogens is 1. The Morgan fingerprint density at radius 1 is 1.38 bits per heavy atom. The van der Waals surface area contributed by atoms with Gasteiger partial charge in [-0.15, -0.1) is 0 Å². The van der Waals surface area contributed by atoms with Crippen LogP contribution in [0.3, 0.4) is 0 Å². The molecule has 0 fully saturated rings. The number of aliphatic imine (C=N–C) groups is 1. The number of nitrogens with zero attached hydrogens (tertiary/aromatic N) is 1. The van der Waals surface area contributed by atoms with Crippen LogP contribution in [0.25, 0.3) is 0 Å². The van der Waals surface area contributed by atoms with Gasteiger partial charge in [0.15, 0.2) is 5.96 Å². The Morgan fingerprint density at radius 3 is 2.90 bits per heavy atom. The van der Waals surface area contributed by atoms with Crippen molar-refractivity contribution in [2.24, 2.45) is 4.99 Å². The van der Waals surface area contributed by atoms with Crippen LogP contribution < -0.4 is 10.6 Å². The molecule has 0 unspecified atom stereocenters. The lowest BCUT2D eigenvalue weighted by atomic mass is 10.2. The quantitative estimate of drug-likeness (QED) is 0.368. The second kappa shape index (κ2) is 8.70. The van der Waals surface area contributed by atoms with Gasteiger partial charge in [0, 0.05) is 24.7 Å². The summed E-state index contributed by atoms with van der Waals surface area (Å²) in [6.07, 6.45) is 6.51. The van der Waals surface area contributed by atoms with Gasteiger partial charge in [0.1, 0.15) is 0 Å². The van der Waals surface area contributed by atoms with E-state index in [-0.39, 0.29) is 0 Å². The lowest BCUT2D eigenvalue weighted by Gasteiger charge is -2.16. The third kappa shape index (κ3) is 5.78. The third-order valence-corrected chi connectivity index (χ3v) is 3.50. The zero-order chi connectivity index (χ0) is 14.9. The lowest BCUT2D eigenvalue weighted by molar-refractivity contribution is 0.125. The van der Waals surface area contributed by atoms with E-state index in [2.05, 4.69) is 27.8 Å². The Morgan fingerprint density at radius 2 is 2.19 bits per heavy atom. The Labute approximate surface area is 131 Å². The van der Waals surface area contributed by atoms with Gasteiger partial charge >= 0.3 is 0 Å². The van der Waals surface area contributed by atoms with E-state index in [0.29, 0.717) is 19.3 Å². The maximum absolute atomic E-state index is 5.93. The molecule has 1 aromatic rings. The van der Waals surface area contributed by atoms with Crippen molar-refractivity contribution in [2.45, 2.75) is 25.5 Å². The lowest BCUT2D eigenvalue weighted by Crippen LogP contribution is -2.43. The van der Waals surface area contributed by atoms with Gasteiger partial charge in [0.05, 0.1) is 13.2 Å². The highest BCUT2D eigenvalue weighted by Crippen LogP contribution is 2.11. The monoisotopic (exact) mass is 307 g/mol. The minimum absolute atomic E-state index is 0.462. The van der Waals surface area contributed by atoms with Crippen molar-refractivity contribution in [3.8, 4) is 0 Å². The molecule has 0 saturated heterocycles. The summed E-state index contributed by atoms with van der Waals surface area (Å²) in [6, 6.07) is 8.18. The highest BCUT2D eigenvalue weighted by molar-refractivity contribution is 6.30. The molecule has 0 atom stereocenters. The van der Waals surface area contributed by atoms with E-state index >= 15 is 0 Å². The molecule has 21 heavy (non-hydrogen) atoms. The highest BCUT2D eigenvalue weighted by atomic mass is 35.5. The Balaban J connectivity index is 1.60. The van der Waals surface area contributed by atoms with Crippen LogP contribution in [0.4, 0.5) is 0 Å². The largest absolute Gasteiger partial charge is 0.375 e. The fourth-order valence-electron chi connectivity index (χ4n) is 2.18. The normalized spacial score (nSPS) is 15.4. The minimum atomic E-state index is 0.462. The van der Waals surface area contributed by atoms with Crippen molar-refractivity contribution < 1.29 is 4.74 Å². The fraction of sp³-hybridized carbons (Fsp3) is 0.438. The van der Waals surface area contributed by atoms with Crippen molar-refractivity contribution in [1.29, 1.82) is 0 Å². The molecule has 2 N–H and O–H groups in total. The first-order valence-corrected chi connectivity index (χ1v) is 7.60. The summed E-state index contributed by atoms with van der Waals surface area (Å²) in [6.45, 7) is 1.91. The zero-order valence-corrected chi connectivity index (χ0v) is 13.1. The third-order valence-electron chi connectivity index (χ3n) is 3.27. The summed E-state index contributed by atoms with van der Waals surface area (Å²) in [4.78, 5) is 4.21. The van der Waals surface area contributed by atoms with Crippen LogP contribution >= 0.6 is 11.6 Å². The summed E-state index contributed by atoms with van der Waals surface area (Å²) >= 11 is 5.93. The van der Waals surface area contributed by atoms with Crippen LogP contribution in [-0.4, -0.2) is 32.2 Å². The highest BCUT2D eigenvalue weighted by Gasteiger charge is 2.10.